The Balaban J connectivity index is 2.03. The van der Waals surface area contributed by atoms with Crippen LogP contribution in [0, 0.1) is 11.8 Å². The van der Waals surface area contributed by atoms with Gasteiger partial charge in [-0.1, -0.05) is 26.7 Å². The van der Waals surface area contributed by atoms with Crippen LogP contribution in [0.4, 0.5) is 4.79 Å². The molecule has 0 spiro atoms. The lowest BCUT2D eigenvalue weighted by Gasteiger charge is -2.40. The van der Waals surface area contributed by atoms with Gasteiger partial charge in [0.1, 0.15) is 5.54 Å². The Morgan fingerprint density at radius 1 is 1.29 bits per heavy atom. The molecule has 4 atom stereocenters. The Bertz CT molecular complexity index is 414. The molecule has 1 aliphatic carbocycles. The molecular weight excluding hydrogens is 272 g/mol. The van der Waals surface area contributed by atoms with Crippen LogP contribution in [-0.4, -0.2) is 51.8 Å². The third-order valence-corrected chi connectivity index (χ3v) is 4.96. The van der Waals surface area contributed by atoms with Crippen molar-refractivity contribution < 1.29 is 19.8 Å². The number of amides is 2. The molecule has 120 valence electrons. The van der Waals surface area contributed by atoms with Crippen LogP contribution in [0.1, 0.15) is 46.0 Å². The average Bonchev–Trinajstić information content (AvgIpc) is 2.41. The summed E-state index contributed by atoms with van der Waals surface area (Å²) in [7, 11) is 0. The number of carbonyl (C=O) groups is 2. The summed E-state index contributed by atoms with van der Waals surface area (Å²) in [5.41, 5.74) is -1.15. The van der Waals surface area contributed by atoms with Crippen LogP contribution in [0.2, 0.25) is 0 Å². The topological polar surface area (TPSA) is 89.9 Å². The molecular formula is C15H26N2O4. The summed E-state index contributed by atoms with van der Waals surface area (Å²) < 4.78 is 0. The van der Waals surface area contributed by atoms with Gasteiger partial charge in [-0.15, -0.1) is 0 Å². The molecule has 6 heteroatoms. The number of aliphatic hydroxyl groups excluding tert-OH is 1. The van der Waals surface area contributed by atoms with Crippen molar-refractivity contribution in [3.05, 3.63) is 0 Å². The number of piperidine rings is 1. The van der Waals surface area contributed by atoms with Gasteiger partial charge in [0.2, 0.25) is 0 Å². The number of rotatable bonds is 2. The first-order valence-corrected chi connectivity index (χ1v) is 7.82. The number of aliphatic hydroxyl groups is 1. The second kappa shape index (κ2) is 6.22. The molecule has 0 aromatic carbocycles. The first-order valence-electron chi connectivity index (χ1n) is 7.82. The van der Waals surface area contributed by atoms with Crippen LogP contribution in [-0.2, 0) is 4.79 Å². The summed E-state index contributed by atoms with van der Waals surface area (Å²) in [4.78, 5) is 25.6. The van der Waals surface area contributed by atoms with Gasteiger partial charge in [-0.2, -0.15) is 0 Å². The fraction of sp³-hybridized carbons (Fsp3) is 0.867. The molecule has 2 rings (SSSR count). The maximum atomic E-state index is 12.4. The first-order chi connectivity index (χ1) is 9.84. The van der Waals surface area contributed by atoms with Crippen LogP contribution < -0.4 is 5.32 Å². The third kappa shape index (κ3) is 3.48. The molecule has 1 heterocycles. The fourth-order valence-corrected chi connectivity index (χ4v) is 3.43. The van der Waals surface area contributed by atoms with Crippen molar-refractivity contribution in [2.24, 2.45) is 11.8 Å². The van der Waals surface area contributed by atoms with Crippen molar-refractivity contribution in [3.63, 3.8) is 0 Å². The molecule has 0 aromatic rings. The van der Waals surface area contributed by atoms with Gasteiger partial charge in [-0.25, -0.2) is 9.59 Å². The molecule has 0 bridgehead atoms. The average molecular weight is 298 g/mol. The van der Waals surface area contributed by atoms with Crippen LogP contribution >= 0.6 is 0 Å². The molecule has 2 aliphatic rings. The highest BCUT2D eigenvalue weighted by atomic mass is 16.4. The number of aliphatic carboxylic acids is 1. The Kier molecular flexibility index (Phi) is 4.76. The number of carboxylic acids is 1. The Morgan fingerprint density at radius 2 is 2.00 bits per heavy atom. The van der Waals surface area contributed by atoms with Gasteiger partial charge in [-0.05, 0) is 31.1 Å². The molecule has 2 fully saturated rings. The van der Waals surface area contributed by atoms with Crippen molar-refractivity contribution >= 4 is 12.0 Å². The minimum atomic E-state index is -1.15. The summed E-state index contributed by atoms with van der Waals surface area (Å²) >= 11 is 0. The van der Waals surface area contributed by atoms with E-state index in [4.69, 9.17) is 0 Å². The number of carboxylic acid groups (broad SMARTS) is 1. The molecule has 1 saturated heterocycles. The molecule has 0 radical (unpaired) electrons. The number of carbonyl (C=O) groups excluding carboxylic acids is 1. The minimum Gasteiger partial charge on any atom is -0.480 e. The van der Waals surface area contributed by atoms with E-state index in [0.29, 0.717) is 25.3 Å². The normalized spacial score (nSPS) is 37.1. The first kappa shape index (κ1) is 16.1. The molecule has 0 aromatic heterocycles. The number of nitrogens with one attached hydrogen (secondary N) is 1. The molecule has 2 amide bonds. The maximum absolute atomic E-state index is 12.4. The van der Waals surface area contributed by atoms with E-state index < -0.39 is 17.6 Å². The SMILES string of the molecule is CC1CCCC(NC(=O)N2CCC(C)C(O)C2)(C(=O)O)C1. The number of β-amino-alcohol motifs (C(OH)–C–C–N with tert-alkyl or cyclic N) is 1. The van der Waals surface area contributed by atoms with Crippen molar-refractivity contribution in [1.82, 2.24) is 10.2 Å². The van der Waals surface area contributed by atoms with E-state index in [0.717, 1.165) is 19.3 Å². The summed E-state index contributed by atoms with van der Waals surface area (Å²) in [6.07, 6.45) is 2.98. The predicted octanol–water partition coefficient (Wildman–Crippen LogP) is 1.43. The van der Waals surface area contributed by atoms with E-state index in [1.54, 1.807) is 0 Å². The van der Waals surface area contributed by atoms with Gasteiger partial charge in [-0.3, -0.25) is 0 Å². The zero-order valence-electron chi connectivity index (χ0n) is 12.8. The predicted molar refractivity (Wildman–Crippen MR) is 77.9 cm³/mol. The van der Waals surface area contributed by atoms with Crippen molar-refractivity contribution in [1.29, 1.82) is 0 Å². The second-order valence-corrected chi connectivity index (χ2v) is 6.80. The summed E-state index contributed by atoms with van der Waals surface area (Å²) in [5, 5.41) is 22.2. The third-order valence-electron chi connectivity index (χ3n) is 4.96. The van der Waals surface area contributed by atoms with Crippen LogP contribution in [0.25, 0.3) is 0 Å². The van der Waals surface area contributed by atoms with Gasteiger partial charge >= 0.3 is 12.0 Å². The standard InChI is InChI=1S/C15H26N2O4/c1-10-4-3-6-15(8-10,13(19)20)16-14(21)17-7-5-11(2)12(18)9-17/h10-12,18H,3-9H2,1-2H3,(H,16,21)(H,19,20). The van der Waals surface area contributed by atoms with Crippen LogP contribution in [0.15, 0.2) is 0 Å². The summed E-state index contributed by atoms with van der Waals surface area (Å²) in [6.45, 7) is 4.82. The molecule has 4 unspecified atom stereocenters. The van der Waals surface area contributed by atoms with E-state index in [2.05, 4.69) is 5.32 Å². The smallest absolute Gasteiger partial charge is 0.329 e. The number of likely N-dealkylation sites (tertiary alicyclic amines) is 1. The zero-order valence-corrected chi connectivity index (χ0v) is 12.8. The van der Waals surface area contributed by atoms with Gasteiger partial charge in [0.15, 0.2) is 0 Å². The quantitative estimate of drug-likeness (QED) is 0.719. The van der Waals surface area contributed by atoms with Gasteiger partial charge < -0.3 is 20.4 Å². The Labute approximate surface area is 125 Å². The molecule has 21 heavy (non-hydrogen) atoms. The van der Waals surface area contributed by atoms with E-state index in [1.807, 2.05) is 13.8 Å². The minimum absolute atomic E-state index is 0.178. The van der Waals surface area contributed by atoms with Gasteiger partial charge in [0, 0.05) is 13.1 Å². The monoisotopic (exact) mass is 298 g/mol. The number of nitrogens with zero attached hydrogens (tertiary/aromatic N) is 1. The van der Waals surface area contributed by atoms with Crippen molar-refractivity contribution in [2.75, 3.05) is 13.1 Å². The van der Waals surface area contributed by atoms with Crippen molar-refractivity contribution in [3.8, 4) is 0 Å². The van der Waals surface area contributed by atoms with E-state index in [1.165, 1.54) is 4.90 Å². The van der Waals surface area contributed by atoms with Crippen LogP contribution in [0.5, 0.6) is 0 Å². The summed E-state index contributed by atoms with van der Waals surface area (Å²) in [6, 6.07) is -0.363. The number of hydrogen-bond donors (Lipinski definition) is 3. The lowest BCUT2D eigenvalue weighted by atomic mass is 9.76. The highest BCUT2D eigenvalue weighted by Gasteiger charge is 2.44. The molecule has 6 nitrogen and oxygen atoms in total. The highest BCUT2D eigenvalue weighted by molar-refractivity contribution is 5.86. The number of urea groups is 1. The lowest BCUT2D eigenvalue weighted by Crippen LogP contribution is -2.61. The highest BCUT2D eigenvalue weighted by Crippen LogP contribution is 2.33. The van der Waals surface area contributed by atoms with E-state index in [-0.39, 0.29) is 18.5 Å². The van der Waals surface area contributed by atoms with E-state index in [9.17, 15) is 19.8 Å². The summed E-state index contributed by atoms with van der Waals surface area (Å²) in [5.74, 6) is -0.479. The van der Waals surface area contributed by atoms with Crippen molar-refractivity contribution in [2.45, 2.75) is 57.6 Å². The van der Waals surface area contributed by atoms with E-state index >= 15 is 0 Å². The zero-order chi connectivity index (χ0) is 15.6. The lowest BCUT2D eigenvalue weighted by molar-refractivity contribution is -0.146. The van der Waals surface area contributed by atoms with Gasteiger partial charge in [0.05, 0.1) is 6.10 Å². The fourth-order valence-electron chi connectivity index (χ4n) is 3.43. The van der Waals surface area contributed by atoms with Crippen LogP contribution in [0.3, 0.4) is 0 Å². The Hall–Kier alpha value is -1.30. The molecule has 3 N–H and O–H groups in total. The molecule has 1 saturated carbocycles. The van der Waals surface area contributed by atoms with Gasteiger partial charge in [0.25, 0.3) is 0 Å². The second-order valence-electron chi connectivity index (χ2n) is 6.80. The largest absolute Gasteiger partial charge is 0.480 e. The Morgan fingerprint density at radius 3 is 2.57 bits per heavy atom. The maximum Gasteiger partial charge on any atom is 0.329 e. The molecule has 1 aliphatic heterocycles. The number of hydrogen-bond acceptors (Lipinski definition) is 3.